The van der Waals surface area contributed by atoms with E-state index in [-0.39, 0.29) is 17.1 Å². The highest BCUT2D eigenvalue weighted by Gasteiger charge is 2.19. The lowest BCUT2D eigenvalue weighted by Gasteiger charge is -2.02. The molecule has 3 heterocycles. The highest BCUT2D eigenvalue weighted by molar-refractivity contribution is 5.96. The summed E-state index contributed by atoms with van der Waals surface area (Å²) < 4.78 is 14.4. The van der Waals surface area contributed by atoms with E-state index in [9.17, 15) is 14.0 Å². The van der Waals surface area contributed by atoms with Gasteiger partial charge < -0.3 is 20.4 Å². The number of carbonyl (C=O) groups is 2. The Morgan fingerprint density at radius 1 is 1.17 bits per heavy atom. The van der Waals surface area contributed by atoms with Gasteiger partial charge in [0, 0.05) is 41.1 Å². The molecule has 0 saturated carbocycles. The summed E-state index contributed by atoms with van der Waals surface area (Å²) >= 11 is 0. The number of hydrogen-bond donors (Lipinski definition) is 4. The topological polar surface area (TPSA) is 124 Å². The van der Waals surface area contributed by atoms with Crippen LogP contribution in [0.1, 0.15) is 32.4 Å². The largest absolute Gasteiger partial charge is 0.476 e. The molecule has 4 aromatic rings. The number of aromatic nitrogens is 4. The normalized spacial score (nSPS) is 11.0. The monoisotopic (exact) mass is 393 g/mol. The minimum atomic E-state index is -1.37. The van der Waals surface area contributed by atoms with E-state index in [2.05, 4.69) is 25.3 Å². The van der Waals surface area contributed by atoms with E-state index in [0.29, 0.717) is 29.0 Å². The smallest absolute Gasteiger partial charge is 0.355 e. The Balaban J connectivity index is 1.61. The van der Waals surface area contributed by atoms with Crippen molar-refractivity contribution in [2.24, 2.45) is 0 Å². The summed E-state index contributed by atoms with van der Waals surface area (Å²) in [6, 6.07) is 8.37. The maximum Gasteiger partial charge on any atom is 0.355 e. The van der Waals surface area contributed by atoms with Crippen molar-refractivity contribution >= 4 is 22.8 Å². The third-order valence-corrected chi connectivity index (χ3v) is 4.52. The molecule has 4 N–H and O–H groups in total. The fourth-order valence-electron chi connectivity index (χ4n) is 3.07. The molecule has 0 aliphatic carbocycles. The van der Waals surface area contributed by atoms with Crippen LogP contribution in [0, 0.1) is 12.7 Å². The Bertz CT molecular complexity index is 1230. The number of aromatic amines is 2. The van der Waals surface area contributed by atoms with Crippen LogP contribution in [0.15, 0.2) is 42.7 Å². The van der Waals surface area contributed by atoms with Crippen molar-refractivity contribution in [3.8, 4) is 11.3 Å². The van der Waals surface area contributed by atoms with Crippen LogP contribution < -0.4 is 5.32 Å². The molecule has 0 unspecified atom stereocenters. The van der Waals surface area contributed by atoms with Gasteiger partial charge in [0.1, 0.15) is 0 Å². The number of rotatable bonds is 5. The number of amides is 1. The predicted molar refractivity (Wildman–Crippen MR) is 103 cm³/mol. The van der Waals surface area contributed by atoms with Gasteiger partial charge in [0.2, 0.25) is 0 Å². The molecule has 0 bridgehead atoms. The van der Waals surface area contributed by atoms with Gasteiger partial charge in [-0.3, -0.25) is 9.78 Å². The van der Waals surface area contributed by atoms with E-state index in [0.717, 1.165) is 5.56 Å². The summed E-state index contributed by atoms with van der Waals surface area (Å²) in [6.07, 6.45) is 3.28. The molecule has 0 aliphatic heterocycles. The number of aromatic carboxylic acids is 1. The molecule has 0 atom stereocenters. The van der Waals surface area contributed by atoms with Gasteiger partial charge in [-0.05, 0) is 36.8 Å². The first-order chi connectivity index (χ1) is 13.9. The number of nitrogens with zero attached hydrogens (tertiary/aromatic N) is 2. The quantitative estimate of drug-likeness (QED) is 0.415. The summed E-state index contributed by atoms with van der Waals surface area (Å²) in [7, 11) is 0. The van der Waals surface area contributed by atoms with Gasteiger partial charge in [0.05, 0.1) is 5.69 Å². The van der Waals surface area contributed by atoms with Gasteiger partial charge in [0.15, 0.2) is 17.3 Å². The molecule has 1 amide bonds. The lowest BCUT2D eigenvalue weighted by Crippen LogP contribution is -2.24. The number of halogens is 1. The van der Waals surface area contributed by atoms with Crippen LogP contribution in [0.25, 0.3) is 22.2 Å². The number of imidazole rings is 1. The number of H-pyrrole nitrogens is 2. The number of carbonyl (C=O) groups excluding carboxylic acids is 1. The minimum Gasteiger partial charge on any atom is -0.476 e. The number of pyridine rings is 1. The zero-order chi connectivity index (χ0) is 20.5. The van der Waals surface area contributed by atoms with E-state index in [1.54, 1.807) is 43.6 Å². The molecule has 29 heavy (non-hydrogen) atoms. The molecule has 1 aromatic carbocycles. The van der Waals surface area contributed by atoms with E-state index in [4.69, 9.17) is 5.11 Å². The zero-order valence-electron chi connectivity index (χ0n) is 15.3. The van der Waals surface area contributed by atoms with Gasteiger partial charge in [-0.1, -0.05) is 6.07 Å². The highest BCUT2D eigenvalue weighted by atomic mass is 19.1. The molecule has 4 rings (SSSR count). The molecule has 0 spiro atoms. The molecule has 146 valence electrons. The predicted octanol–water partition coefficient (Wildman–Crippen LogP) is 3.03. The fraction of sp³-hybridized carbons (Fsp3) is 0.100. The molecule has 8 nitrogen and oxygen atoms in total. The summed E-state index contributed by atoms with van der Waals surface area (Å²) in [5.41, 5.74) is 2.46. The standard InChI is InChI=1S/C20H16FN5O3/c1-10-16(12-2-3-14-13(8-12)15(21)17(25-14)20(28)29)26-18(24-10)19(27)23-9-11-4-6-22-7-5-11/h2-8,25H,9H2,1H3,(H,23,27)(H,24,26)(H,28,29). The number of benzene rings is 1. The van der Waals surface area contributed by atoms with Crippen molar-refractivity contribution in [2.75, 3.05) is 0 Å². The number of hydrogen-bond acceptors (Lipinski definition) is 4. The van der Waals surface area contributed by atoms with Crippen molar-refractivity contribution in [2.45, 2.75) is 13.5 Å². The lowest BCUT2D eigenvalue weighted by atomic mass is 10.1. The summed E-state index contributed by atoms with van der Waals surface area (Å²) in [5, 5.41) is 12.0. The zero-order valence-corrected chi connectivity index (χ0v) is 15.3. The average molecular weight is 393 g/mol. The molecule has 0 aliphatic rings. The highest BCUT2D eigenvalue weighted by Crippen LogP contribution is 2.28. The lowest BCUT2D eigenvalue weighted by molar-refractivity contribution is 0.0686. The second-order valence-electron chi connectivity index (χ2n) is 6.48. The third-order valence-electron chi connectivity index (χ3n) is 4.52. The Hall–Kier alpha value is -4.01. The third kappa shape index (κ3) is 3.45. The Morgan fingerprint density at radius 2 is 1.93 bits per heavy atom. The van der Waals surface area contributed by atoms with Crippen molar-refractivity contribution < 1.29 is 19.1 Å². The van der Waals surface area contributed by atoms with Crippen molar-refractivity contribution in [1.82, 2.24) is 25.3 Å². The van der Waals surface area contributed by atoms with Crippen LogP contribution in [-0.2, 0) is 6.54 Å². The molecule has 9 heteroatoms. The maximum atomic E-state index is 14.4. The molecule has 0 radical (unpaired) electrons. The molecule has 0 fully saturated rings. The summed E-state index contributed by atoms with van der Waals surface area (Å²) in [4.78, 5) is 37.3. The van der Waals surface area contributed by atoms with Crippen LogP contribution >= 0.6 is 0 Å². The van der Waals surface area contributed by atoms with Crippen LogP contribution in [0.4, 0.5) is 4.39 Å². The van der Waals surface area contributed by atoms with Crippen molar-refractivity contribution in [3.63, 3.8) is 0 Å². The van der Waals surface area contributed by atoms with Crippen LogP contribution in [0.5, 0.6) is 0 Å². The van der Waals surface area contributed by atoms with Gasteiger partial charge in [-0.25, -0.2) is 14.2 Å². The Labute approximate surface area is 163 Å². The second-order valence-corrected chi connectivity index (χ2v) is 6.48. The van der Waals surface area contributed by atoms with Gasteiger partial charge >= 0.3 is 5.97 Å². The molecule has 3 aromatic heterocycles. The molecular weight excluding hydrogens is 377 g/mol. The number of carboxylic acid groups (broad SMARTS) is 1. The van der Waals surface area contributed by atoms with E-state index in [1.807, 2.05) is 0 Å². The van der Waals surface area contributed by atoms with Gasteiger partial charge in [-0.2, -0.15) is 0 Å². The second kappa shape index (κ2) is 7.19. The van der Waals surface area contributed by atoms with E-state index < -0.39 is 17.5 Å². The Kier molecular flexibility index (Phi) is 4.55. The fourth-order valence-corrected chi connectivity index (χ4v) is 3.07. The molecular formula is C20H16FN5O3. The minimum absolute atomic E-state index is 0.132. The first-order valence-corrected chi connectivity index (χ1v) is 8.72. The first-order valence-electron chi connectivity index (χ1n) is 8.72. The molecule has 0 saturated heterocycles. The van der Waals surface area contributed by atoms with Crippen LogP contribution in [0.3, 0.4) is 0 Å². The van der Waals surface area contributed by atoms with E-state index in [1.165, 1.54) is 6.07 Å². The SMILES string of the molecule is Cc1[nH]c(C(=O)NCc2ccncc2)nc1-c1ccc2[nH]c(C(=O)O)c(F)c2c1. The van der Waals surface area contributed by atoms with Crippen LogP contribution in [-0.4, -0.2) is 36.9 Å². The van der Waals surface area contributed by atoms with Gasteiger partial charge in [0.25, 0.3) is 5.91 Å². The van der Waals surface area contributed by atoms with Crippen molar-refractivity contribution in [1.29, 1.82) is 0 Å². The number of nitrogens with one attached hydrogen (secondary N) is 3. The first kappa shape index (κ1) is 18.4. The average Bonchev–Trinajstić information content (AvgIpc) is 3.27. The summed E-state index contributed by atoms with van der Waals surface area (Å²) in [5.74, 6) is -2.45. The van der Waals surface area contributed by atoms with Crippen molar-refractivity contribution in [3.05, 3.63) is 71.3 Å². The summed E-state index contributed by atoms with van der Waals surface area (Å²) in [6.45, 7) is 2.08. The van der Waals surface area contributed by atoms with Gasteiger partial charge in [-0.15, -0.1) is 0 Å². The van der Waals surface area contributed by atoms with Crippen LogP contribution in [0.2, 0.25) is 0 Å². The number of carboxylic acids is 1. The number of fused-ring (bicyclic) bond motifs is 1. The van der Waals surface area contributed by atoms with E-state index >= 15 is 0 Å². The Morgan fingerprint density at radius 3 is 2.66 bits per heavy atom. The maximum absolute atomic E-state index is 14.4. The number of aryl methyl sites for hydroxylation is 1.